The van der Waals surface area contributed by atoms with Crippen molar-refractivity contribution < 1.29 is 13.9 Å². The highest BCUT2D eigenvalue weighted by molar-refractivity contribution is 5.95. The van der Waals surface area contributed by atoms with Crippen LogP contribution < -0.4 is 11.1 Å². The Kier molecular flexibility index (Phi) is 4.60. The summed E-state index contributed by atoms with van der Waals surface area (Å²) in [6.07, 6.45) is 3.81. The lowest BCUT2D eigenvalue weighted by atomic mass is 10.2. The van der Waals surface area contributed by atoms with E-state index in [0.717, 1.165) is 12.2 Å². The third kappa shape index (κ3) is 3.50. The van der Waals surface area contributed by atoms with Crippen LogP contribution in [0.3, 0.4) is 0 Å². The normalized spacial score (nSPS) is 10.2. The van der Waals surface area contributed by atoms with E-state index in [1.165, 1.54) is 6.20 Å². The molecule has 2 rings (SSSR count). The minimum absolute atomic E-state index is 0.306. The van der Waals surface area contributed by atoms with Crippen molar-refractivity contribution in [3.8, 4) is 0 Å². The number of aromatic nitrogens is 1. The fraction of sp³-hybridized carbons (Fsp3) is 0.286. The van der Waals surface area contributed by atoms with Crippen molar-refractivity contribution >= 4 is 17.5 Å². The first kappa shape index (κ1) is 13.9. The topological polar surface area (TPSA) is 90.4 Å². The first-order valence-electron chi connectivity index (χ1n) is 6.39. The molecule has 6 heteroatoms. The molecule has 0 aliphatic heterocycles. The lowest BCUT2D eigenvalue weighted by Crippen LogP contribution is -2.11. The van der Waals surface area contributed by atoms with Crippen LogP contribution >= 0.6 is 0 Å². The predicted octanol–water partition coefficient (Wildman–Crippen LogP) is 2.09. The van der Waals surface area contributed by atoms with Crippen molar-refractivity contribution in [3.63, 3.8) is 0 Å². The Bertz CT molecular complexity index is 567. The molecule has 0 aromatic carbocycles. The summed E-state index contributed by atoms with van der Waals surface area (Å²) in [6, 6.07) is 5.34. The van der Waals surface area contributed by atoms with Crippen molar-refractivity contribution in [2.75, 3.05) is 24.2 Å². The number of hydrogen-bond donors (Lipinski definition) is 2. The van der Waals surface area contributed by atoms with Gasteiger partial charge in [-0.15, -0.1) is 0 Å². The number of hydrogen-bond acceptors (Lipinski definition) is 6. The Morgan fingerprint density at radius 1 is 1.55 bits per heavy atom. The van der Waals surface area contributed by atoms with Crippen LogP contribution in [0, 0.1) is 0 Å². The van der Waals surface area contributed by atoms with Gasteiger partial charge >= 0.3 is 5.97 Å². The Balaban J connectivity index is 1.98. The van der Waals surface area contributed by atoms with Crippen molar-refractivity contribution in [1.29, 1.82) is 0 Å². The molecular formula is C14H17N3O3. The van der Waals surface area contributed by atoms with Crippen LogP contribution in [0.25, 0.3) is 0 Å². The number of pyridine rings is 1. The molecule has 0 radical (unpaired) electrons. The fourth-order valence-corrected chi connectivity index (χ4v) is 1.72. The molecule has 0 amide bonds. The zero-order chi connectivity index (χ0) is 14.4. The molecule has 0 saturated heterocycles. The van der Waals surface area contributed by atoms with Gasteiger partial charge in [0, 0.05) is 13.0 Å². The third-order valence-electron chi connectivity index (χ3n) is 2.69. The summed E-state index contributed by atoms with van der Waals surface area (Å²) in [5.74, 6) is 1.02. The van der Waals surface area contributed by atoms with Crippen molar-refractivity contribution in [2.24, 2.45) is 0 Å². The lowest BCUT2D eigenvalue weighted by Gasteiger charge is -2.08. The second-order valence-corrected chi connectivity index (χ2v) is 4.13. The average Bonchev–Trinajstić information content (AvgIpc) is 2.94. The molecule has 0 aliphatic rings. The van der Waals surface area contributed by atoms with Crippen molar-refractivity contribution in [2.45, 2.75) is 13.3 Å². The van der Waals surface area contributed by atoms with Gasteiger partial charge in [-0.1, -0.05) is 0 Å². The van der Waals surface area contributed by atoms with E-state index in [-0.39, 0.29) is 0 Å². The van der Waals surface area contributed by atoms with E-state index >= 15 is 0 Å². The summed E-state index contributed by atoms with van der Waals surface area (Å²) >= 11 is 0. The molecule has 6 nitrogen and oxygen atoms in total. The van der Waals surface area contributed by atoms with Gasteiger partial charge < -0.3 is 20.2 Å². The second kappa shape index (κ2) is 6.60. The molecule has 0 aliphatic carbocycles. The van der Waals surface area contributed by atoms with Crippen LogP contribution in [0.2, 0.25) is 0 Å². The summed E-state index contributed by atoms with van der Waals surface area (Å²) in [4.78, 5) is 15.8. The van der Waals surface area contributed by atoms with E-state index in [0.29, 0.717) is 30.2 Å². The monoisotopic (exact) mass is 275 g/mol. The number of nitrogen functional groups attached to an aromatic ring is 1. The molecule has 0 bridgehead atoms. The fourth-order valence-electron chi connectivity index (χ4n) is 1.72. The number of esters is 1. The Hall–Kier alpha value is -2.50. The number of nitrogens with two attached hydrogens (primary N) is 1. The highest BCUT2D eigenvalue weighted by Crippen LogP contribution is 2.16. The molecule has 2 heterocycles. The standard InChI is InChI=1S/C14H17N3O3/c1-2-19-14(18)11-8-13(17-9-12(11)15)16-6-5-10-4-3-7-20-10/h3-4,7-9H,2,5-6,15H2,1H3,(H,16,17). The van der Waals surface area contributed by atoms with Gasteiger partial charge in [0.1, 0.15) is 11.6 Å². The SMILES string of the molecule is CCOC(=O)c1cc(NCCc2ccco2)ncc1N. The molecule has 106 valence electrons. The second-order valence-electron chi connectivity index (χ2n) is 4.13. The molecule has 2 aromatic rings. The number of furan rings is 1. The van der Waals surface area contributed by atoms with Gasteiger partial charge in [-0.2, -0.15) is 0 Å². The molecule has 20 heavy (non-hydrogen) atoms. The number of ether oxygens (including phenoxy) is 1. The van der Waals surface area contributed by atoms with E-state index < -0.39 is 5.97 Å². The van der Waals surface area contributed by atoms with Gasteiger partial charge in [-0.25, -0.2) is 9.78 Å². The van der Waals surface area contributed by atoms with Crippen LogP contribution in [0.1, 0.15) is 23.0 Å². The zero-order valence-electron chi connectivity index (χ0n) is 11.3. The maximum Gasteiger partial charge on any atom is 0.340 e. The number of rotatable bonds is 6. The number of carbonyl (C=O) groups excluding carboxylic acids is 1. The molecule has 0 spiro atoms. The van der Waals surface area contributed by atoms with Gasteiger partial charge in [0.15, 0.2) is 0 Å². The highest BCUT2D eigenvalue weighted by Gasteiger charge is 2.12. The molecule has 0 saturated carbocycles. The van der Waals surface area contributed by atoms with Gasteiger partial charge in [-0.05, 0) is 25.1 Å². The van der Waals surface area contributed by atoms with Crippen LogP contribution in [-0.4, -0.2) is 24.1 Å². The van der Waals surface area contributed by atoms with E-state index in [9.17, 15) is 4.79 Å². The lowest BCUT2D eigenvalue weighted by molar-refractivity contribution is 0.0527. The maximum absolute atomic E-state index is 11.7. The third-order valence-corrected chi connectivity index (χ3v) is 2.69. The summed E-state index contributed by atoms with van der Waals surface area (Å²) < 4.78 is 10.2. The Morgan fingerprint density at radius 2 is 2.40 bits per heavy atom. The van der Waals surface area contributed by atoms with Gasteiger partial charge in [-0.3, -0.25) is 0 Å². The van der Waals surface area contributed by atoms with Gasteiger partial charge in [0.2, 0.25) is 0 Å². The Morgan fingerprint density at radius 3 is 3.10 bits per heavy atom. The quantitative estimate of drug-likeness (QED) is 0.784. The minimum atomic E-state index is -0.443. The van der Waals surface area contributed by atoms with E-state index in [1.807, 2.05) is 12.1 Å². The van der Waals surface area contributed by atoms with E-state index in [2.05, 4.69) is 10.3 Å². The molecule has 0 unspecified atom stereocenters. The van der Waals surface area contributed by atoms with Gasteiger partial charge in [0.05, 0.1) is 30.3 Å². The van der Waals surface area contributed by atoms with Crippen LogP contribution in [0.5, 0.6) is 0 Å². The largest absolute Gasteiger partial charge is 0.469 e. The predicted molar refractivity (Wildman–Crippen MR) is 75.5 cm³/mol. The number of carbonyl (C=O) groups is 1. The Labute approximate surface area is 116 Å². The first-order valence-corrected chi connectivity index (χ1v) is 6.39. The zero-order valence-corrected chi connectivity index (χ0v) is 11.3. The molecule has 3 N–H and O–H groups in total. The van der Waals surface area contributed by atoms with Crippen LogP contribution in [0.15, 0.2) is 35.1 Å². The minimum Gasteiger partial charge on any atom is -0.469 e. The number of nitrogens with zero attached hydrogens (tertiary/aromatic N) is 1. The first-order chi connectivity index (χ1) is 9.70. The summed E-state index contributed by atoms with van der Waals surface area (Å²) in [6.45, 7) is 2.70. The smallest absolute Gasteiger partial charge is 0.340 e. The van der Waals surface area contributed by atoms with Crippen LogP contribution in [0.4, 0.5) is 11.5 Å². The maximum atomic E-state index is 11.7. The van der Waals surface area contributed by atoms with Gasteiger partial charge in [0.25, 0.3) is 0 Å². The molecule has 0 atom stereocenters. The summed E-state index contributed by atoms with van der Waals surface area (Å²) in [7, 11) is 0. The van der Waals surface area contributed by atoms with Crippen molar-refractivity contribution in [3.05, 3.63) is 42.0 Å². The average molecular weight is 275 g/mol. The molecule has 0 fully saturated rings. The van der Waals surface area contributed by atoms with Crippen molar-refractivity contribution in [1.82, 2.24) is 4.98 Å². The number of nitrogens with one attached hydrogen (secondary N) is 1. The summed E-state index contributed by atoms with van der Waals surface area (Å²) in [5.41, 5.74) is 6.35. The highest BCUT2D eigenvalue weighted by atomic mass is 16.5. The summed E-state index contributed by atoms with van der Waals surface area (Å²) in [5, 5.41) is 3.11. The molecular weight excluding hydrogens is 258 g/mol. The van der Waals surface area contributed by atoms with E-state index in [1.54, 1.807) is 19.3 Å². The molecule has 2 aromatic heterocycles. The van der Waals surface area contributed by atoms with E-state index in [4.69, 9.17) is 14.9 Å². The number of anilines is 2. The van der Waals surface area contributed by atoms with Crippen LogP contribution in [-0.2, 0) is 11.2 Å².